The number of ether oxygens (including phenoxy) is 1. The van der Waals surface area contributed by atoms with Gasteiger partial charge in [0, 0.05) is 6.07 Å². The minimum absolute atomic E-state index is 0.0214. The molecule has 0 aliphatic heterocycles. The number of rotatable bonds is 4. The topological polar surface area (TPSA) is 69.4 Å². The van der Waals surface area contributed by atoms with Gasteiger partial charge in [0.25, 0.3) is 0 Å². The molecule has 1 heterocycles. The number of carbonyl (C=O) groups is 1. The van der Waals surface area contributed by atoms with E-state index in [1.54, 1.807) is 0 Å². The molecule has 0 spiro atoms. The van der Waals surface area contributed by atoms with Crippen LogP contribution in [0.3, 0.4) is 0 Å². The van der Waals surface area contributed by atoms with Crippen molar-refractivity contribution in [3.05, 3.63) is 27.1 Å². The first kappa shape index (κ1) is 12.6. The van der Waals surface area contributed by atoms with Gasteiger partial charge < -0.3 is 4.74 Å². The van der Waals surface area contributed by atoms with E-state index in [1.165, 1.54) is 37.8 Å². The summed E-state index contributed by atoms with van der Waals surface area (Å²) in [6.45, 7) is 0.464. The van der Waals surface area contributed by atoms with Crippen molar-refractivity contribution in [3.63, 3.8) is 0 Å². The van der Waals surface area contributed by atoms with Crippen LogP contribution in [-0.4, -0.2) is 17.5 Å². The predicted octanol–water partition coefficient (Wildman–Crippen LogP) is 3.25. The molecule has 3 atom stereocenters. The van der Waals surface area contributed by atoms with Gasteiger partial charge in [-0.1, -0.05) is 17.8 Å². The Bertz CT molecular complexity index is 512. The maximum atomic E-state index is 11.8. The number of esters is 1. The highest BCUT2D eigenvalue weighted by atomic mass is 32.1. The molecule has 1 aromatic rings. The van der Waals surface area contributed by atoms with Crippen LogP contribution in [0.25, 0.3) is 0 Å². The molecule has 2 aliphatic carbocycles. The molecule has 0 radical (unpaired) electrons. The number of nitro groups is 1. The van der Waals surface area contributed by atoms with Crippen molar-refractivity contribution in [2.24, 2.45) is 17.8 Å². The van der Waals surface area contributed by atoms with E-state index in [-0.39, 0.29) is 5.00 Å². The third-order valence-corrected chi connectivity index (χ3v) is 5.30. The fourth-order valence-electron chi connectivity index (χ4n) is 3.37. The van der Waals surface area contributed by atoms with E-state index in [2.05, 4.69) is 0 Å². The Morgan fingerprint density at radius 3 is 2.84 bits per heavy atom. The lowest BCUT2D eigenvalue weighted by Crippen LogP contribution is -2.19. The van der Waals surface area contributed by atoms with E-state index in [0.29, 0.717) is 17.4 Å². The molecule has 0 aromatic carbocycles. The molecule has 0 N–H and O–H groups in total. The summed E-state index contributed by atoms with van der Waals surface area (Å²) in [5.41, 5.74) is 0. The van der Waals surface area contributed by atoms with E-state index < -0.39 is 10.9 Å². The van der Waals surface area contributed by atoms with Gasteiger partial charge in [0.15, 0.2) is 0 Å². The van der Waals surface area contributed by atoms with Gasteiger partial charge in [0.1, 0.15) is 4.88 Å². The van der Waals surface area contributed by atoms with E-state index in [9.17, 15) is 14.9 Å². The average Bonchev–Trinajstić information content (AvgIpc) is 3.10. The summed E-state index contributed by atoms with van der Waals surface area (Å²) in [5.74, 6) is 1.62. The summed E-state index contributed by atoms with van der Waals surface area (Å²) in [5, 5.41) is 10.5. The molecular weight excluding hydrogens is 266 g/mol. The number of fused-ring (bicyclic) bond motifs is 2. The average molecular weight is 281 g/mol. The van der Waals surface area contributed by atoms with E-state index >= 15 is 0 Å². The first-order valence-electron chi connectivity index (χ1n) is 6.55. The lowest BCUT2D eigenvalue weighted by atomic mass is 9.90. The van der Waals surface area contributed by atoms with Crippen molar-refractivity contribution in [2.75, 3.05) is 6.61 Å². The molecule has 102 valence electrons. The lowest BCUT2D eigenvalue weighted by molar-refractivity contribution is -0.380. The highest BCUT2D eigenvalue weighted by molar-refractivity contribution is 7.17. The summed E-state index contributed by atoms with van der Waals surface area (Å²) in [4.78, 5) is 22.2. The first-order valence-corrected chi connectivity index (χ1v) is 7.36. The molecule has 2 bridgehead atoms. The largest absolute Gasteiger partial charge is 0.461 e. The molecule has 5 nitrogen and oxygen atoms in total. The van der Waals surface area contributed by atoms with Crippen molar-refractivity contribution >= 4 is 22.3 Å². The monoisotopic (exact) mass is 281 g/mol. The number of nitrogens with zero attached hydrogens (tertiary/aromatic N) is 1. The summed E-state index contributed by atoms with van der Waals surface area (Å²) in [7, 11) is 0. The Labute approximate surface area is 114 Å². The maximum Gasteiger partial charge on any atom is 0.348 e. The second kappa shape index (κ2) is 4.92. The molecule has 6 heteroatoms. The number of hydrogen-bond acceptors (Lipinski definition) is 5. The highest BCUT2D eigenvalue weighted by Gasteiger charge is 2.39. The molecule has 3 rings (SSSR count). The predicted molar refractivity (Wildman–Crippen MR) is 70.2 cm³/mol. The third-order valence-electron chi connectivity index (χ3n) is 4.29. The highest BCUT2D eigenvalue weighted by Crippen LogP contribution is 2.48. The van der Waals surface area contributed by atoms with Crippen LogP contribution in [0.4, 0.5) is 5.00 Å². The zero-order valence-electron chi connectivity index (χ0n) is 10.4. The van der Waals surface area contributed by atoms with Crippen molar-refractivity contribution in [1.29, 1.82) is 0 Å². The third kappa shape index (κ3) is 2.49. The standard InChI is InChI=1S/C13H15NO4S/c15-13(11-3-4-12(19-11)14(16)17)18-7-10-6-8-1-2-9(10)5-8/h3-4,8-10H,1-2,5-7H2. The molecule has 0 saturated heterocycles. The van der Waals surface area contributed by atoms with Crippen molar-refractivity contribution < 1.29 is 14.5 Å². The number of thiophene rings is 1. The van der Waals surface area contributed by atoms with Crippen LogP contribution < -0.4 is 0 Å². The Balaban J connectivity index is 1.54. The van der Waals surface area contributed by atoms with E-state index in [4.69, 9.17) is 4.74 Å². The van der Waals surface area contributed by atoms with E-state index in [0.717, 1.165) is 23.2 Å². The van der Waals surface area contributed by atoms with Crippen molar-refractivity contribution in [2.45, 2.75) is 25.7 Å². The van der Waals surface area contributed by atoms with Crippen molar-refractivity contribution in [1.82, 2.24) is 0 Å². The molecule has 2 saturated carbocycles. The quantitative estimate of drug-likeness (QED) is 0.482. The van der Waals surface area contributed by atoms with Crippen LogP contribution in [-0.2, 0) is 4.74 Å². The van der Waals surface area contributed by atoms with Gasteiger partial charge in [-0.05, 0) is 43.1 Å². The zero-order valence-corrected chi connectivity index (χ0v) is 11.2. The molecule has 2 aliphatic rings. The first-order chi connectivity index (χ1) is 9.13. The Morgan fingerprint density at radius 2 is 2.26 bits per heavy atom. The second-order valence-electron chi connectivity index (χ2n) is 5.43. The van der Waals surface area contributed by atoms with Crippen LogP contribution in [0.1, 0.15) is 35.4 Å². The SMILES string of the molecule is O=C(OCC1CC2CCC1C2)c1ccc([N+](=O)[O-])s1. The molecule has 1 aromatic heterocycles. The maximum absolute atomic E-state index is 11.8. The van der Waals surface area contributed by atoms with Gasteiger partial charge >= 0.3 is 11.0 Å². The molecule has 2 fully saturated rings. The molecule has 3 unspecified atom stereocenters. The fraction of sp³-hybridized carbons (Fsp3) is 0.615. The minimum Gasteiger partial charge on any atom is -0.461 e. The minimum atomic E-state index is -0.489. The molecule has 0 amide bonds. The van der Waals surface area contributed by atoms with Crippen LogP contribution in [0, 0.1) is 27.9 Å². The van der Waals surface area contributed by atoms with Crippen molar-refractivity contribution in [3.8, 4) is 0 Å². The van der Waals surface area contributed by atoms with Crippen LogP contribution in [0.2, 0.25) is 0 Å². The van der Waals surface area contributed by atoms with Crippen LogP contribution in [0.15, 0.2) is 12.1 Å². The second-order valence-corrected chi connectivity index (χ2v) is 6.49. The van der Waals surface area contributed by atoms with Gasteiger partial charge in [-0.25, -0.2) is 4.79 Å². The van der Waals surface area contributed by atoms with Gasteiger partial charge in [-0.3, -0.25) is 10.1 Å². The number of hydrogen-bond donors (Lipinski definition) is 0. The smallest absolute Gasteiger partial charge is 0.348 e. The summed E-state index contributed by atoms with van der Waals surface area (Å²) in [6, 6.07) is 2.81. The van der Waals surface area contributed by atoms with Gasteiger partial charge in [0.05, 0.1) is 11.5 Å². The summed E-state index contributed by atoms with van der Waals surface area (Å²) < 4.78 is 5.31. The van der Waals surface area contributed by atoms with Gasteiger partial charge in [-0.2, -0.15) is 0 Å². The fourth-order valence-corrected chi connectivity index (χ4v) is 4.08. The normalized spacial score (nSPS) is 28.5. The Morgan fingerprint density at radius 1 is 1.42 bits per heavy atom. The van der Waals surface area contributed by atoms with Gasteiger partial charge in [0.2, 0.25) is 0 Å². The van der Waals surface area contributed by atoms with Crippen LogP contribution in [0.5, 0.6) is 0 Å². The zero-order chi connectivity index (χ0) is 13.4. The Kier molecular flexibility index (Phi) is 3.26. The van der Waals surface area contributed by atoms with E-state index in [1.807, 2.05) is 0 Å². The molecule has 19 heavy (non-hydrogen) atoms. The number of carbonyl (C=O) groups excluding carboxylic acids is 1. The Hall–Kier alpha value is -1.43. The lowest BCUT2D eigenvalue weighted by Gasteiger charge is -2.20. The summed E-state index contributed by atoms with van der Waals surface area (Å²) in [6.07, 6.45) is 5.04. The molecular formula is C13H15NO4S. The summed E-state index contributed by atoms with van der Waals surface area (Å²) >= 11 is 0.873. The van der Waals surface area contributed by atoms with Gasteiger partial charge in [-0.15, -0.1) is 0 Å². The van der Waals surface area contributed by atoms with Crippen LogP contribution >= 0.6 is 11.3 Å².